The molecule has 0 amide bonds. The van der Waals surface area contributed by atoms with E-state index in [2.05, 4.69) is 9.97 Å². The monoisotopic (exact) mass is 259 g/mol. The van der Waals surface area contributed by atoms with Gasteiger partial charge in [-0.15, -0.1) is 0 Å². The van der Waals surface area contributed by atoms with E-state index in [1.54, 1.807) is 18.3 Å². The normalized spacial score (nSPS) is 10.0. The van der Waals surface area contributed by atoms with E-state index in [1.165, 1.54) is 0 Å². The van der Waals surface area contributed by atoms with Crippen LogP contribution in [-0.4, -0.2) is 21.6 Å². The molecule has 2 heterocycles. The van der Waals surface area contributed by atoms with Gasteiger partial charge in [0.2, 0.25) is 5.88 Å². The van der Waals surface area contributed by atoms with Gasteiger partial charge in [-0.05, 0) is 18.2 Å². The minimum atomic E-state index is 0.269. The van der Waals surface area contributed by atoms with Crippen molar-refractivity contribution in [2.75, 3.05) is 6.61 Å². The number of thiocarbonyl (C=S) groups is 1. The van der Waals surface area contributed by atoms with Gasteiger partial charge in [0.15, 0.2) is 0 Å². The molecule has 0 bridgehead atoms. The second kappa shape index (κ2) is 6.07. The molecule has 0 radical (unpaired) electrons. The van der Waals surface area contributed by atoms with Crippen molar-refractivity contribution < 1.29 is 4.74 Å². The lowest BCUT2D eigenvalue weighted by Gasteiger charge is -2.06. The Bertz CT molecular complexity index is 531. The van der Waals surface area contributed by atoms with Crippen LogP contribution in [0.3, 0.4) is 0 Å². The number of nitrogens with zero attached hydrogens (tertiary/aromatic N) is 2. The Balaban J connectivity index is 1.90. The lowest BCUT2D eigenvalue weighted by molar-refractivity contribution is 0.308. The van der Waals surface area contributed by atoms with Crippen LogP contribution in [0.15, 0.2) is 42.6 Å². The van der Waals surface area contributed by atoms with Crippen molar-refractivity contribution in [2.45, 2.75) is 6.42 Å². The summed E-state index contributed by atoms with van der Waals surface area (Å²) in [6.07, 6.45) is 2.50. The lowest BCUT2D eigenvalue weighted by Crippen LogP contribution is -2.12. The van der Waals surface area contributed by atoms with Gasteiger partial charge in [0.25, 0.3) is 0 Å². The summed E-state index contributed by atoms with van der Waals surface area (Å²) in [5.41, 5.74) is 7.06. The van der Waals surface area contributed by atoms with Gasteiger partial charge >= 0.3 is 0 Å². The Labute approximate surface area is 111 Å². The summed E-state index contributed by atoms with van der Waals surface area (Å²) in [7, 11) is 0. The Morgan fingerprint density at radius 1 is 1.22 bits per heavy atom. The SMILES string of the molecule is NC(=S)c1cccc(OCCc2ccccn2)n1. The van der Waals surface area contributed by atoms with Gasteiger partial charge in [0.1, 0.15) is 10.7 Å². The zero-order valence-corrected chi connectivity index (χ0v) is 10.6. The quantitative estimate of drug-likeness (QED) is 0.829. The maximum Gasteiger partial charge on any atom is 0.213 e. The molecule has 2 aromatic heterocycles. The van der Waals surface area contributed by atoms with Crippen LogP contribution in [0.2, 0.25) is 0 Å². The molecule has 2 aromatic rings. The van der Waals surface area contributed by atoms with Gasteiger partial charge in [0.05, 0.1) is 6.61 Å². The Kier molecular flexibility index (Phi) is 4.20. The highest BCUT2D eigenvalue weighted by Crippen LogP contribution is 2.08. The molecule has 0 aliphatic heterocycles. The van der Waals surface area contributed by atoms with Crippen molar-refractivity contribution in [2.24, 2.45) is 5.73 Å². The van der Waals surface area contributed by atoms with Gasteiger partial charge in [-0.2, -0.15) is 0 Å². The molecule has 0 unspecified atom stereocenters. The molecule has 0 saturated heterocycles. The number of nitrogens with two attached hydrogens (primary N) is 1. The van der Waals surface area contributed by atoms with Crippen LogP contribution in [0.25, 0.3) is 0 Å². The molecule has 0 aliphatic rings. The van der Waals surface area contributed by atoms with Gasteiger partial charge in [0, 0.05) is 24.4 Å². The van der Waals surface area contributed by atoms with Crippen LogP contribution in [-0.2, 0) is 6.42 Å². The minimum Gasteiger partial charge on any atom is -0.477 e. The first kappa shape index (κ1) is 12.4. The summed E-state index contributed by atoms with van der Waals surface area (Å²) in [5.74, 6) is 0.524. The van der Waals surface area contributed by atoms with Crippen molar-refractivity contribution in [1.82, 2.24) is 9.97 Å². The van der Waals surface area contributed by atoms with E-state index in [-0.39, 0.29) is 4.99 Å². The molecule has 0 aromatic carbocycles. The lowest BCUT2D eigenvalue weighted by atomic mass is 10.3. The van der Waals surface area contributed by atoms with Gasteiger partial charge < -0.3 is 10.5 Å². The number of hydrogen-bond acceptors (Lipinski definition) is 4. The predicted molar refractivity (Wildman–Crippen MR) is 73.6 cm³/mol. The standard InChI is InChI=1S/C13H13N3OS/c14-13(18)11-5-3-6-12(16-11)17-9-7-10-4-1-2-8-15-10/h1-6,8H,7,9H2,(H2,14,18). The number of aromatic nitrogens is 2. The molecule has 18 heavy (non-hydrogen) atoms. The highest BCUT2D eigenvalue weighted by atomic mass is 32.1. The van der Waals surface area contributed by atoms with E-state index in [9.17, 15) is 0 Å². The first-order valence-corrected chi connectivity index (χ1v) is 5.96. The maximum absolute atomic E-state index is 5.53. The molecule has 5 heteroatoms. The van der Waals surface area contributed by atoms with Crippen molar-refractivity contribution in [3.8, 4) is 5.88 Å². The molecular weight excluding hydrogens is 246 g/mol. The first-order chi connectivity index (χ1) is 8.75. The molecule has 0 aliphatic carbocycles. The average Bonchev–Trinajstić information content (AvgIpc) is 2.40. The van der Waals surface area contributed by atoms with Gasteiger partial charge in [-0.25, -0.2) is 4.98 Å². The number of rotatable bonds is 5. The second-order valence-electron chi connectivity index (χ2n) is 3.64. The number of pyridine rings is 2. The predicted octanol–water partition coefficient (Wildman–Crippen LogP) is 1.73. The second-order valence-corrected chi connectivity index (χ2v) is 4.08. The summed E-state index contributed by atoms with van der Waals surface area (Å²) in [4.78, 5) is 8.68. The van der Waals surface area contributed by atoms with Crippen molar-refractivity contribution in [1.29, 1.82) is 0 Å². The third-order valence-corrected chi connectivity index (χ3v) is 2.52. The van der Waals surface area contributed by atoms with E-state index >= 15 is 0 Å². The van der Waals surface area contributed by atoms with Crippen molar-refractivity contribution >= 4 is 17.2 Å². The summed E-state index contributed by atoms with van der Waals surface area (Å²) in [5, 5.41) is 0. The third kappa shape index (κ3) is 3.49. The highest BCUT2D eigenvalue weighted by Gasteiger charge is 2.01. The Morgan fingerprint density at radius 2 is 2.11 bits per heavy atom. The molecule has 0 atom stereocenters. The van der Waals surface area contributed by atoms with Gasteiger partial charge in [-0.3, -0.25) is 4.98 Å². The number of hydrogen-bond donors (Lipinski definition) is 1. The van der Waals surface area contributed by atoms with Crippen LogP contribution in [0.1, 0.15) is 11.4 Å². The largest absolute Gasteiger partial charge is 0.477 e. The fourth-order valence-corrected chi connectivity index (χ4v) is 1.55. The summed E-state index contributed by atoms with van der Waals surface area (Å²) in [6, 6.07) is 11.2. The molecule has 0 fully saturated rings. The van der Waals surface area contributed by atoms with Crippen LogP contribution >= 0.6 is 12.2 Å². The first-order valence-electron chi connectivity index (χ1n) is 5.55. The maximum atomic E-state index is 5.53. The molecule has 2 N–H and O–H groups in total. The van der Waals surface area contributed by atoms with Crippen LogP contribution in [0, 0.1) is 0 Å². The third-order valence-electron chi connectivity index (χ3n) is 2.31. The molecular formula is C13H13N3OS. The van der Waals surface area contributed by atoms with E-state index in [0.29, 0.717) is 18.2 Å². The highest BCUT2D eigenvalue weighted by molar-refractivity contribution is 7.80. The fourth-order valence-electron chi connectivity index (χ4n) is 1.44. The Hall–Kier alpha value is -2.01. The molecule has 92 valence electrons. The van der Waals surface area contributed by atoms with E-state index in [1.807, 2.05) is 24.3 Å². The zero-order chi connectivity index (χ0) is 12.8. The van der Waals surface area contributed by atoms with Gasteiger partial charge in [-0.1, -0.05) is 24.4 Å². The topological polar surface area (TPSA) is 61.0 Å². The number of ether oxygens (including phenoxy) is 1. The van der Waals surface area contributed by atoms with E-state index < -0.39 is 0 Å². The smallest absolute Gasteiger partial charge is 0.213 e. The van der Waals surface area contributed by atoms with Crippen LogP contribution in [0.4, 0.5) is 0 Å². The van der Waals surface area contributed by atoms with Crippen molar-refractivity contribution in [3.63, 3.8) is 0 Å². The van der Waals surface area contributed by atoms with E-state index in [4.69, 9.17) is 22.7 Å². The van der Waals surface area contributed by atoms with Crippen LogP contribution < -0.4 is 10.5 Å². The molecule has 0 saturated carbocycles. The summed E-state index contributed by atoms with van der Waals surface area (Å²) < 4.78 is 5.53. The van der Waals surface area contributed by atoms with Crippen molar-refractivity contribution in [3.05, 3.63) is 54.0 Å². The average molecular weight is 259 g/mol. The summed E-state index contributed by atoms with van der Waals surface area (Å²) in [6.45, 7) is 0.519. The fraction of sp³-hybridized carbons (Fsp3) is 0.154. The molecule has 0 spiro atoms. The zero-order valence-electron chi connectivity index (χ0n) is 9.74. The summed E-state index contributed by atoms with van der Waals surface area (Å²) >= 11 is 4.86. The molecule has 4 nitrogen and oxygen atoms in total. The van der Waals surface area contributed by atoms with Crippen LogP contribution in [0.5, 0.6) is 5.88 Å². The van der Waals surface area contributed by atoms with E-state index in [0.717, 1.165) is 12.1 Å². The Morgan fingerprint density at radius 3 is 2.83 bits per heavy atom. The minimum absolute atomic E-state index is 0.269. The molecule has 2 rings (SSSR count).